The highest BCUT2D eigenvalue weighted by Gasteiger charge is 2.36. The highest BCUT2D eigenvalue weighted by atomic mass is 16.4. The van der Waals surface area contributed by atoms with Crippen LogP contribution in [0, 0.1) is 19.3 Å². The second-order valence-electron chi connectivity index (χ2n) is 4.69. The van der Waals surface area contributed by atoms with Crippen molar-refractivity contribution in [3.05, 3.63) is 34.9 Å². The van der Waals surface area contributed by atoms with Gasteiger partial charge in [0, 0.05) is 6.54 Å². The second-order valence-corrected chi connectivity index (χ2v) is 4.69. The number of aliphatic carboxylic acids is 1. The van der Waals surface area contributed by atoms with Gasteiger partial charge in [-0.05, 0) is 43.4 Å². The number of benzene rings is 1. The monoisotopic (exact) mass is 235 g/mol. The van der Waals surface area contributed by atoms with Gasteiger partial charge in [-0.2, -0.15) is 0 Å². The van der Waals surface area contributed by atoms with Gasteiger partial charge in [-0.15, -0.1) is 0 Å². The smallest absolute Gasteiger partial charge is 0.311 e. The van der Waals surface area contributed by atoms with Gasteiger partial charge in [0.25, 0.3) is 0 Å². The van der Waals surface area contributed by atoms with Crippen LogP contribution in [0.2, 0.25) is 0 Å². The first-order chi connectivity index (χ1) is 7.96. The topological polar surface area (TPSA) is 63.3 Å². The molecule has 0 aromatic heterocycles. The summed E-state index contributed by atoms with van der Waals surface area (Å²) in [5, 5.41) is 9.39. The van der Waals surface area contributed by atoms with Crippen molar-refractivity contribution in [2.24, 2.45) is 11.1 Å². The Morgan fingerprint density at radius 1 is 1.35 bits per heavy atom. The summed E-state index contributed by atoms with van der Waals surface area (Å²) in [6.07, 6.45) is 1.06. The molecule has 0 aliphatic heterocycles. The first kappa shape index (κ1) is 13.7. The molecule has 94 valence electrons. The number of hydrogen-bond donors (Lipinski definition) is 2. The van der Waals surface area contributed by atoms with E-state index >= 15 is 0 Å². The van der Waals surface area contributed by atoms with Crippen LogP contribution in [0.1, 0.15) is 30.0 Å². The molecule has 1 rings (SSSR count). The van der Waals surface area contributed by atoms with Crippen molar-refractivity contribution in [2.75, 3.05) is 6.54 Å². The maximum Gasteiger partial charge on any atom is 0.311 e. The number of carbonyl (C=O) groups is 1. The van der Waals surface area contributed by atoms with Crippen LogP contribution >= 0.6 is 0 Å². The van der Waals surface area contributed by atoms with Gasteiger partial charge in [-0.25, -0.2) is 0 Å². The zero-order valence-corrected chi connectivity index (χ0v) is 10.8. The molecule has 0 saturated carbocycles. The first-order valence-corrected chi connectivity index (χ1v) is 5.95. The molecule has 1 atom stereocenters. The Morgan fingerprint density at radius 3 is 2.24 bits per heavy atom. The Morgan fingerprint density at radius 2 is 1.88 bits per heavy atom. The molecule has 0 saturated heterocycles. The summed E-state index contributed by atoms with van der Waals surface area (Å²) < 4.78 is 0. The predicted octanol–water partition coefficient (Wildman–Crippen LogP) is 2.29. The van der Waals surface area contributed by atoms with E-state index in [-0.39, 0.29) is 6.54 Å². The molecule has 0 radical (unpaired) electrons. The van der Waals surface area contributed by atoms with Gasteiger partial charge in [0.1, 0.15) is 0 Å². The molecular weight excluding hydrogens is 214 g/mol. The second kappa shape index (κ2) is 5.32. The average Bonchev–Trinajstić information content (AvgIpc) is 2.29. The lowest BCUT2D eigenvalue weighted by Gasteiger charge is -2.28. The fourth-order valence-corrected chi connectivity index (χ4v) is 2.12. The van der Waals surface area contributed by atoms with E-state index in [2.05, 4.69) is 0 Å². The summed E-state index contributed by atoms with van der Waals surface area (Å²) in [7, 11) is 0. The molecule has 0 aliphatic carbocycles. The van der Waals surface area contributed by atoms with Crippen molar-refractivity contribution >= 4 is 5.97 Å². The normalized spacial score (nSPS) is 14.4. The molecule has 1 unspecified atom stereocenters. The summed E-state index contributed by atoms with van der Waals surface area (Å²) in [6, 6.07) is 6.02. The van der Waals surface area contributed by atoms with Crippen LogP contribution in [0.3, 0.4) is 0 Å². The Balaban J connectivity index is 3.14. The van der Waals surface area contributed by atoms with Gasteiger partial charge in [-0.3, -0.25) is 4.79 Å². The van der Waals surface area contributed by atoms with Gasteiger partial charge in [0.05, 0.1) is 5.41 Å². The lowest BCUT2D eigenvalue weighted by Crippen LogP contribution is -2.40. The van der Waals surface area contributed by atoms with Crippen molar-refractivity contribution in [3.63, 3.8) is 0 Å². The predicted molar refractivity (Wildman–Crippen MR) is 69.0 cm³/mol. The molecule has 0 fully saturated rings. The standard InChI is InChI=1S/C14H21NO2/c1-4-14(9-15,13(16)17)8-12-10(2)6-5-7-11(12)3/h5-7H,4,8-9,15H2,1-3H3,(H,16,17). The molecule has 0 aliphatic rings. The van der Waals surface area contributed by atoms with E-state index in [0.717, 1.165) is 16.7 Å². The molecule has 17 heavy (non-hydrogen) atoms. The SMILES string of the molecule is CCC(CN)(Cc1c(C)cccc1C)C(=O)O. The van der Waals surface area contributed by atoms with Gasteiger partial charge < -0.3 is 10.8 Å². The maximum atomic E-state index is 11.4. The van der Waals surface area contributed by atoms with Crippen molar-refractivity contribution < 1.29 is 9.90 Å². The zero-order valence-electron chi connectivity index (χ0n) is 10.8. The Hall–Kier alpha value is -1.35. The molecule has 1 aromatic carbocycles. The summed E-state index contributed by atoms with van der Waals surface area (Å²) >= 11 is 0. The van der Waals surface area contributed by atoms with Crippen LogP contribution in [0.5, 0.6) is 0 Å². The zero-order chi connectivity index (χ0) is 13.1. The summed E-state index contributed by atoms with van der Waals surface area (Å²) in [6.45, 7) is 6.09. The Bertz CT molecular complexity index is 388. The van der Waals surface area contributed by atoms with E-state index in [1.807, 2.05) is 39.0 Å². The largest absolute Gasteiger partial charge is 0.481 e. The van der Waals surface area contributed by atoms with E-state index in [4.69, 9.17) is 5.73 Å². The lowest BCUT2D eigenvalue weighted by atomic mass is 9.77. The van der Waals surface area contributed by atoms with Gasteiger partial charge in [-0.1, -0.05) is 25.1 Å². The lowest BCUT2D eigenvalue weighted by molar-refractivity contribution is -0.148. The number of carboxylic acid groups (broad SMARTS) is 1. The van der Waals surface area contributed by atoms with Crippen molar-refractivity contribution in [1.29, 1.82) is 0 Å². The van der Waals surface area contributed by atoms with Crippen LogP contribution in [-0.4, -0.2) is 17.6 Å². The van der Waals surface area contributed by atoms with E-state index < -0.39 is 11.4 Å². The van der Waals surface area contributed by atoms with E-state index in [1.54, 1.807) is 0 Å². The van der Waals surface area contributed by atoms with Crippen LogP contribution in [0.25, 0.3) is 0 Å². The molecular formula is C14H21NO2. The third kappa shape index (κ3) is 2.67. The third-order valence-electron chi connectivity index (χ3n) is 3.68. The number of rotatable bonds is 5. The Kier molecular flexibility index (Phi) is 4.29. The van der Waals surface area contributed by atoms with Gasteiger partial charge in [0.15, 0.2) is 0 Å². The van der Waals surface area contributed by atoms with Crippen LogP contribution in [0.4, 0.5) is 0 Å². The summed E-state index contributed by atoms with van der Waals surface area (Å²) in [5.41, 5.74) is 8.24. The van der Waals surface area contributed by atoms with Crippen molar-refractivity contribution in [1.82, 2.24) is 0 Å². The number of aryl methyl sites for hydroxylation is 2. The molecule has 3 heteroatoms. The van der Waals surface area contributed by atoms with E-state index in [1.165, 1.54) is 0 Å². The molecule has 0 amide bonds. The molecule has 0 bridgehead atoms. The van der Waals surface area contributed by atoms with E-state index in [0.29, 0.717) is 12.8 Å². The van der Waals surface area contributed by atoms with Crippen LogP contribution < -0.4 is 5.73 Å². The minimum Gasteiger partial charge on any atom is -0.481 e. The minimum absolute atomic E-state index is 0.173. The number of hydrogen-bond acceptors (Lipinski definition) is 2. The molecule has 0 heterocycles. The number of nitrogens with two attached hydrogens (primary N) is 1. The molecule has 0 spiro atoms. The maximum absolute atomic E-state index is 11.4. The van der Waals surface area contributed by atoms with Crippen molar-refractivity contribution in [3.8, 4) is 0 Å². The molecule has 3 N–H and O–H groups in total. The fraction of sp³-hybridized carbons (Fsp3) is 0.500. The van der Waals surface area contributed by atoms with Gasteiger partial charge in [0.2, 0.25) is 0 Å². The van der Waals surface area contributed by atoms with Crippen LogP contribution in [0.15, 0.2) is 18.2 Å². The summed E-state index contributed by atoms with van der Waals surface area (Å²) in [4.78, 5) is 11.4. The quantitative estimate of drug-likeness (QED) is 0.823. The van der Waals surface area contributed by atoms with Crippen molar-refractivity contribution in [2.45, 2.75) is 33.6 Å². The third-order valence-corrected chi connectivity index (χ3v) is 3.68. The van der Waals surface area contributed by atoms with Crippen LogP contribution in [-0.2, 0) is 11.2 Å². The first-order valence-electron chi connectivity index (χ1n) is 5.95. The average molecular weight is 235 g/mol. The minimum atomic E-state index is -0.836. The highest BCUT2D eigenvalue weighted by Crippen LogP contribution is 2.29. The molecule has 1 aromatic rings. The van der Waals surface area contributed by atoms with E-state index in [9.17, 15) is 9.90 Å². The molecule has 3 nitrogen and oxygen atoms in total. The highest BCUT2D eigenvalue weighted by molar-refractivity contribution is 5.75. The Labute approximate surface area is 103 Å². The van der Waals surface area contributed by atoms with Gasteiger partial charge >= 0.3 is 5.97 Å². The number of carboxylic acids is 1. The summed E-state index contributed by atoms with van der Waals surface area (Å²) in [5.74, 6) is -0.801. The fourth-order valence-electron chi connectivity index (χ4n) is 2.12.